The Labute approximate surface area is 258 Å². The van der Waals surface area contributed by atoms with Crippen LogP contribution >= 0.6 is 11.6 Å². The minimum atomic E-state index is -4.22. The summed E-state index contributed by atoms with van der Waals surface area (Å²) in [7, 11) is -1.29. The lowest BCUT2D eigenvalue weighted by Gasteiger charge is -2.34. The van der Waals surface area contributed by atoms with E-state index in [2.05, 4.69) is 5.32 Å². The highest BCUT2D eigenvalue weighted by Gasteiger charge is 2.35. The number of amides is 2. The van der Waals surface area contributed by atoms with Crippen LogP contribution in [0.5, 0.6) is 11.5 Å². The normalized spacial score (nSPS) is 14.1. The number of nitrogens with one attached hydrogen (secondary N) is 1. The van der Waals surface area contributed by atoms with Crippen molar-refractivity contribution in [1.82, 2.24) is 10.2 Å². The van der Waals surface area contributed by atoms with Gasteiger partial charge in [-0.2, -0.15) is 0 Å². The van der Waals surface area contributed by atoms with Crippen molar-refractivity contribution in [3.05, 3.63) is 83.4 Å². The van der Waals surface area contributed by atoms with E-state index in [0.717, 1.165) is 30.0 Å². The summed E-state index contributed by atoms with van der Waals surface area (Å²) in [6.07, 6.45) is 4.20. The van der Waals surface area contributed by atoms with Crippen molar-refractivity contribution in [3.8, 4) is 11.5 Å². The zero-order valence-electron chi connectivity index (χ0n) is 24.7. The number of methoxy groups -OCH3 is 2. The Morgan fingerprint density at radius 1 is 0.953 bits per heavy atom. The van der Waals surface area contributed by atoms with Gasteiger partial charge in [-0.25, -0.2) is 8.42 Å². The average molecular weight is 628 g/mol. The Bertz CT molecular complexity index is 1510. The van der Waals surface area contributed by atoms with E-state index in [-0.39, 0.29) is 29.1 Å². The monoisotopic (exact) mass is 627 g/mol. The Morgan fingerprint density at radius 3 is 2.23 bits per heavy atom. The first-order chi connectivity index (χ1) is 20.7. The van der Waals surface area contributed by atoms with E-state index in [4.69, 9.17) is 21.1 Å². The zero-order valence-corrected chi connectivity index (χ0v) is 26.2. The molecule has 3 aromatic rings. The third-order valence-electron chi connectivity index (χ3n) is 7.65. The highest BCUT2D eigenvalue weighted by Crippen LogP contribution is 2.34. The molecular formula is C32H38ClN3O6S. The second-order valence-corrected chi connectivity index (χ2v) is 12.7. The quantitative estimate of drug-likeness (QED) is 0.271. The number of ether oxygens (including phenoxy) is 2. The number of carbonyl (C=O) groups is 2. The molecule has 11 heteroatoms. The van der Waals surface area contributed by atoms with Crippen LogP contribution in [0.4, 0.5) is 5.69 Å². The van der Waals surface area contributed by atoms with E-state index in [1.54, 1.807) is 54.6 Å². The van der Waals surface area contributed by atoms with Gasteiger partial charge >= 0.3 is 0 Å². The summed E-state index contributed by atoms with van der Waals surface area (Å²) in [5.74, 6) is -0.110. The van der Waals surface area contributed by atoms with Gasteiger partial charge in [-0.05, 0) is 55.2 Å². The standard InChI is InChI=1S/C32H38ClN3O6S/c1-4-28(32(38)34-24-13-9-10-14-24)35(21-23-12-8-11-17-27(23)33)31(37)22-36(43(39,40)26-15-6-5-7-16-26)25-18-19-29(41-2)30(20-25)42-3/h5-8,11-12,15-20,24,28H,4,9-10,13-14,21-22H2,1-3H3,(H,34,38)/t28-/m0/s1. The third kappa shape index (κ3) is 7.61. The smallest absolute Gasteiger partial charge is 0.264 e. The van der Waals surface area contributed by atoms with Gasteiger partial charge in [0, 0.05) is 23.7 Å². The van der Waals surface area contributed by atoms with Gasteiger partial charge in [0.25, 0.3) is 10.0 Å². The van der Waals surface area contributed by atoms with Crippen LogP contribution in [0.1, 0.15) is 44.6 Å². The van der Waals surface area contributed by atoms with Crippen LogP contribution in [0, 0.1) is 0 Å². The Morgan fingerprint density at radius 2 is 1.60 bits per heavy atom. The number of benzene rings is 3. The summed E-state index contributed by atoms with van der Waals surface area (Å²) in [4.78, 5) is 29.3. The molecule has 1 N–H and O–H groups in total. The molecule has 0 bridgehead atoms. The first kappa shape index (κ1) is 32.2. The van der Waals surface area contributed by atoms with Crippen molar-refractivity contribution in [2.75, 3.05) is 25.1 Å². The first-order valence-corrected chi connectivity index (χ1v) is 16.1. The number of nitrogens with zero attached hydrogens (tertiary/aromatic N) is 2. The summed E-state index contributed by atoms with van der Waals surface area (Å²) in [6, 6.07) is 18.8. The predicted octanol–water partition coefficient (Wildman–Crippen LogP) is 5.42. The van der Waals surface area contributed by atoms with Gasteiger partial charge in [0.2, 0.25) is 11.8 Å². The summed E-state index contributed by atoms with van der Waals surface area (Å²) in [6.45, 7) is 1.29. The van der Waals surface area contributed by atoms with Gasteiger partial charge in [-0.15, -0.1) is 0 Å². The molecule has 4 rings (SSSR count). The average Bonchev–Trinajstić information content (AvgIpc) is 3.53. The lowest BCUT2D eigenvalue weighted by atomic mass is 10.1. The van der Waals surface area contributed by atoms with Crippen LogP contribution in [0.25, 0.3) is 0 Å². The van der Waals surface area contributed by atoms with Crippen LogP contribution in [-0.2, 0) is 26.2 Å². The molecule has 0 spiro atoms. The van der Waals surface area contributed by atoms with E-state index in [9.17, 15) is 18.0 Å². The number of rotatable bonds is 13. The Kier molecular flexibility index (Phi) is 10.9. The maximum atomic E-state index is 14.3. The summed E-state index contributed by atoms with van der Waals surface area (Å²) in [5, 5.41) is 3.55. The Balaban J connectivity index is 1.75. The number of anilines is 1. The minimum Gasteiger partial charge on any atom is -0.493 e. The number of halogens is 1. The fourth-order valence-electron chi connectivity index (χ4n) is 5.33. The largest absolute Gasteiger partial charge is 0.493 e. The fourth-order valence-corrected chi connectivity index (χ4v) is 6.95. The molecule has 230 valence electrons. The minimum absolute atomic E-state index is 0.0151. The molecule has 1 fully saturated rings. The molecule has 9 nitrogen and oxygen atoms in total. The molecule has 0 radical (unpaired) electrons. The van der Waals surface area contributed by atoms with Crippen LogP contribution in [-0.4, -0.2) is 58.0 Å². The molecular weight excluding hydrogens is 590 g/mol. The molecule has 0 aliphatic heterocycles. The van der Waals surface area contributed by atoms with Crippen molar-refractivity contribution in [1.29, 1.82) is 0 Å². The summed E-state index contributed by atoms with van der Waals surface area (Å²) >= 11 is 6.48. The molecule has 1 aliphatic rings. The van der Waals surface area contributed by atoms with E-state index in [1.807, 2.05) is 6.92 Å². The second-order valence-electron chi connectivity index (χ2n) is 10.4. The first-order valence-electron chi connectivity index (χ1n) is 14.3. The van der Waals surface area contributed by atoms with Gasteiger partial charge < -0.3 is 19.7 Å². The molecule has 0 unspecified atom stereocenters. The van der Waals surface area contributed by atoms with Crippen LogP contribution in [0.2, 0.25) is 5.02 Å². The van der Waals surface area contributed by atoms with Crippen molar-refractivity contribution in [3.63, 3.8) is 0 Å². The highest BCUT2D eigenvalue weighted by atomic mass is 35.5. The van der Waals surface area contributed by atoms with Crippen molar-refractivity contribution < 1.29 is 27.5 Å². The topological polar surface area (TPSA) is 105 Å². The third-order valence-corrected chi connectivity index (χ3v) is 9.81. The summed E-state index contributed by atoms with van der Waals surface area (Å²) in [5.41, 5.74) is 0.851. The molecule has 1 atom stereocenters. The van der Waals surface area contributed by atoms with Gasteiger partial charge in [0.1, 0.15) is 12.6 Å². The molecule has 3 aromatic carbocycles. The SMILES string of the molecule is CC[C@@H](C(=O)NC1CCCC1)N(Cc1ccccc1Cl)C(=O)CN(c1ccc(OC)c(OC)c1)S(=O)(=O)c1ccccc1. The maximum Gasteiger partial charge on any atom is 0.264 e. The lowest BCUT2D eigenvalue weighted by Crippen LogP contribution is -2.53. The van der Waals surface area contributed by atoms with Crippen molar-refractivity contribution in [2.24, 2.45) is 0 Å². The van der Waals surface area contributed by atoms with Crippen LogP contribution in [0.15, 0.2) is 77.7 Å². The van der Waals surface area contributed by atoms with Gasteiger partial charge in [0.05, 0.1) is 24.8 Å². The zero-order chi connectivity index (χ0) is 31.0. The highest BCUT2D eigenvalue weighted by molar-refractivity contribution is 7.92. The molecule has 0 saturated heterocycles. The van der Waals surface area contributed by atoms with Crippen molar-refractivity contribution in [2.45, 2.75) is 62.6 Å². The Hall–Kier alpha value is -3.76. The molecule has 0 aromatic heterocycles. The van der Waals surface area contributed by atoms with Gasteiger partial charge in [-0.1, -0.05) is 67.8 Å². The van der Waals surface area contributed by atoms with Crippen molar-refractivity contribution >= 4 is 39.1 Å². The van der Waals surface area contributed by atoms with Crippen LogP contribution < -0.4 is 19.1 Å². The van der Waals surface area contributed by atoms with Gasteiger partial charge in [-0.3, -0.25) is 13.9 Å². The molecule has 1 aliphatic carbocycles. The van der Waals surface area contributed by atoms with Crippen LogP contribution in [0.3, 0.4) is 0 Å². The number of carbonyl (C=O) groups excluding carboxylic acids is 2. The van der Waals surface area contributed by atoms with E-state index >= 15 is 0 Å². The lowest BCUT2D eigenvalue weighted by molar-refractivity contribution is -0.140. The van der Waals surface area contributed by atoms with E-state index < -0.39 is 28.5 Å². The molecule has 1 saturated carbocycles. The molecule has 43 heavy (non-hydrogen) atoms. The number of hydrogen-bond acceptors (Lipinski definition) is 6. The van der Waals surface area contributed by atoms with E-state index in [0.29, 0.717) is 28.5 Å². The predicted molar refractivity (Wildman–Crippen MR) is 167 cm³/mol. The molecule has 2 amide bonds. The maximum absolute atomic E-state index is 14.3. The second kappa shape index (κ2) is 14.6. The fraction of sp³-hybridized carbons (Fsp3) is 0.375. The molecule has 0 heterocycles. The van der Waals surface area contributed by atoms with Gasteiger partial charge in [0.15, 0.2) is 11.5 Å². The number of sulfonamides is 1. The summed E-state index contributed by atoms with van der Waals surface area (Å²) < 4.78 is 39.9. The van der Waals surface area contributed by atoms with E-state index in [1.165, 1.54) is 37.3 Å². The number of hydrogen-bond donors (Lipinski definition) is 1.